The van der Waals surface area contributed by atoms with Crippen LogP contribution in [0.25, 0.3) is 10.9 Å². The molecule has 0 radical (unpaired) electrons. The molecule has 1 aromatic carbocycles. The van der Waals surface area contributed by atoms with E-state index >= 15 is 0 Å². The van der Waals surface area contributed by atoms with E-state index in [1.165, 1.54) is 32.1 Å². The monoisotopic (exact) mass is 405 g/mol. The number of nitrogens with zero attached hydrogens (tertiary/aromatic N) is 3. The first-order valence-corrected chi connectivity index (χ1v) is 11.7. The minimum atomic E-state index is -0.185. The van der Waals surface area contributed by atoms with Crippen molar-refractivity contribution >= 4 is 16.6 Å². The molecule has 3 nitrogen and oxygen atoms in total. The Kier molecular flexibility index (Phi) is 5.60. The van der Waals surface area contributed by atoms with Crippen molar-refractivity contribution in [3.05, 3.63) is 59.6 Å². The summed E-state index contributed by atoms with van der Waals surface area (Å²) in [6, 6.07) is 7.85. The minimum Gasteiger partial charge on any atom is -0.367 e. The summed E-state index contributed by atoms with van der Waals surface area (Å²) in [4.78, 5) is 9.57. The normalized spacial score (nSPS) is 25.5. The van der Waals surface area contributed by atoms with Gasteiger partial charge in [0.25, 0.3) is 0 Å². The van der Waals surface area contributed by atoms with Gasteiger partial charge in [0.05, 0.1) is 11.2 Å². The lowest BCUT2D eigenvalue weighted by Crippen LogP contribution is -2.51. The van der Waals surface area contributed by atoms with Crippen LogP contribution in [-0.4, -0.2) is 42.1 Å². The van der Waals surface area contributed by atoms with Gasteiger partial charge in [0.15, 0.2) is 0 Å². The van der Waals surface area contributed by atoms with E-state index in [0.29, 0.717) is 5.39 Å². The maximum absolute atomic E-state index is 14.2. The second kappa shape index (κ2) is 8.50. The van der Waals surface area contributed by atoms with Crippen LogP contribution in [0.4, 0.5) is 10.1 Å². The number of allylic oxidation sites excluding steroid dienone is 4. The van der Waals surface area contributed by atoms with Gasteiger partial charge in [0, 0.05) is 43.8 Å². The molecule has 3 aliphatic rings. The SMILES string of the molecule is CCC1=CCC=C1C1CCC(N2CCN(c3ccc(F)c4cccnc34)CC2)CC1. The fourth-order valence-corrected chi connectivity index (χ4v) is 5.81. The number of aromatic nitrogens is 1. The third-order valence-corrected chi connectivity index (χ3v) is 7.46. The molecule has 2 aromatic rings. The molecule has 0 amide bonds. The minimum absolute atomic E-state index is 0.185. The molecule has 2 heterocycles. The second-order valence-electron chi connectivity index (χ2n) is 8.97. The van der Waals surface area contributed by atoms with Gasteiger partial charge in [-0.1, -0.05) is 19.1 Å². The molecule has 30 heavy (non-hydrogen) atoms. The van der Waals surface area contributed by atoms with Gasteiger partial charge in [0.1, 0.15) is 5.82 Å². The van der Waals surface area contributed by atoms with E-state index in [-0.39, 0.29) is 5.82 Å². The van der Waals surface area contributed by atoms with Crippen LogP contribution in [0, 0.1) is 11.7 Å². The highest BCUT2D eigenvalue weighted by Crippen LogP contribution is 2.39. The van der Waals surface area contributed by atoms with Crippen LogP contribution in [0.3, 0.4) is 0 Å². The summed E-state index contributed by atoms with van der Waals surface area (Å²) in [6.07, 6.45) is 14.3. The fourth-order valence-electron chi connectivity index (χ4n) is 5.81. The average Bonchev–Trinajstić information content (AvgIpc) is 3.29. The molecular weight excluding hydrogens is 373 g/mol. The van der Waals surface area contributed by atoms with Gasteiger partial charge >= 0.3 is 0 Å². The van der Waals surface area contributed by atoms with E-state index in [1.54, 1.807) is 23.4 Å². The molecule has 1 saturated carbocycles. The van der Waals surface area contributed by atoms with Crippen molar-refractivity contribution in [2.45, 2.75) is 51.5 Å². The zero-order chi connectivity index (χ0) is 20.5. The third-order valence-electron chi connectivity index (χ3n) is 7.46. The Morgan fingerprint density at radius 2 is 1.80 bits per heavy atom. The molecule has 0 spiro atoms. The van der Waals surface area contributed by atoms with Gasteiger partial charge in [-0.15, -0.1) is 0 Å². The quantitative estimate of drug-likeness (QED) is 0.648. The fraction of sp³-hybridized carbons (Fsp3) is 0.500. The standard InChI is InChI=1S/C26H32FN3/c1-2-19-5-3-6-22(19)20-8-10-21(11-9-20)29-15-17-30(18-16-29)25-13-12-24(27)23-7-4-14-28-26(23)25/h4-7,12-14,20-21H,2-3,8-11,15-18H2,1H3. The molecule has 1 aromatic heterocycles. The molecular formula is C26H32FN3. The first-order valence-electron chi connectivity index (χ1n) is 11.7. The first-order chi connectivity index (χ1) is 14.7. The van der Waals surface area contributed by atoms with Crippen molar-refractivity contribution < 1.29 is 4.39 Å². The number of rotatable bonds is 4. The van der Waals surface area contributed by atoms with Crippen LogP contribution >= 0.6 is 0 Å². The molecule has 1 aliphatic heterocycles. The van der Waals surface area contributed by atoms with Crippen LogP contribution in [0.15, 0.2) is 53.8 Å². The van der Waals surface area contributed by atoms with Gasteiger partial charge in [-0.2, -0.15) is 0 Å². The second-order valence-corrected chi connectivity index (χ2v) is 8.97. The Bertz CT molecular complexity index is 963. The van der Waals surface area contributed by atoms with E-state index in [1.807, 2.05) is 18.2 Å². The van der Waals surface area contributed by atoms with E-state index < -0.39 is 0 Å². The molecule has 2 fully saturated rings. The summed E-state index contributed by atoms with van der Waals surface area (Å²) in [5.74, 6) is 0.601. The number of hydrogen-bond donors (Lipinski definition) is 0. The highest BCUT2D eigenvalue weighted by atomic mass is 19.1. The van der Waals surface area contributed by atoms with Gasteiger partial charge in [-0.25, -0.2) is 4.39 Å². The Balaban J connectivity index is 1.20. The summed E-state index contributed by atoms with van der Waals surface area (Å²) < 4.78 is 14.2. The number of hydrogen-bond acceptors (Lipinski definition) is 3. The van der Waals surface area contributed by atoms with Crippen molar-refractivity contribution in [3.8, 4) is 0 Å². The maximum Gasteiger partial charge on any atom is 0.132 e. The van der Waals surface area contributed by atoms with E-state index in [4.69, 9.17) is 0 Å². The third kappa shape index (κ3) is 3.66. The van der Waals surface area contributed by atoms with Gasteiger partial charge in [-0.05, 0) is 79.9 Å². The molecule has 1 saturated heterocycles. The van der Waals surface area contributed by atoms with Gasteiger partial charge < -0.3 is 4.90 Å². The Morgan fingerprint density at radius 3 is 2.57 bits per heavy atom. The summed E-state index contributed by atoms with van der Waals surface area (Å²) in [5.41, 5.74) is 5.13. The average molecular weight is 406 g/mol. The molecule has 0 N–H and O–H groups in total. The van der Waals surface area contributed by atoms with E-state index in [2.05, 4.69) is 33.9 Å². The predicted molar refractivity (Wildman–Crippen MR) is 122 cm³/mol. The largest absolute Gasteiger partial charge is 0.367 e. The van der Waals surface area contributed by atoms with Crippen LogP contribution in [0.1, 0.15) is 45.4 Å². The van der Waals surface area contributed by atoms with E-state index in [9.17, 15) is 4.39 Å². The van der Waals surface area contributed by atoms with Crippen LogP contribution in [-0.2, 0) is 0 Å². The van der Waals surface area contributed by atoms with Crippen molar-refractivity contribution in [1.29, 1.82) is 0 Å². The number of anilines is 1. The Morgan fingerprint density at radius 1 is 1.00 bits per heavy atom. The molecule has 0 bridgehead atoms. The zero-order valence-corrected chi connectivity index (χ0v) is 18.0. The van der Waals surface area contributed by atoms with Crippen molar-refractivity contribution in [1.82, 2.24) is 9.88 Å². The highest BCUT2D eigenvalue weighted by molar-refractivity contribution is 5.91. The van der Waals surface area contributed by atoms with E-state index in [0.717, 1.165) is 55.8 Å². The number of halogens is 1. The molecule has 2 aliphatic carbocycles. The zero-order valence-electron chi connectivity index (χ0n) is 18.0. The topological polar surface area (TPSA) is 19.4 Å². The van der Waals surface area contributed by atoms with Crippen molar-refractivity contribution in [2.75, 3.05) is 31.1 Å². The van der Waals surface area contributed by atoms with Gasteiger partial charge in [-0.3, -0.25) is 9.88 Å². The Hall–Kier alpha value is -2.20. The number of piperazine rings is 1. The summed E-state index contributed by atoms with van der Waals surface area (Å²) in [6.45, 7) is 6.44. The molecule has 158 valence electrons. The summed E-state index contributed by atoms with van der Waals surface area (Å²) in [5, 5.41) is 0.623. The Labute approximate surface area is 179 Å². The number of benzene rings is 1. The van der Waals surface area contributed by atoms with Crippen LogP contribution in [0.5, 0.6) is 0 Å². The number of fused-ring (bicyclic) bond motifs is 1. The van der Waals surface area contributed by atoms with Crippen molar-refractivity contribution in [2.24, 2.45) is 5.92 Å². The highest BCUT2D eigenvalue weighted by Gasteiger charge is 2.31. The van der Waals surface area contributed by atoms with Crippen molar-refractivity contribution in [3.63, 3.8) is 0 Å². The van der Waals surface area contributed by atoms with Crippen LogP contribution < -0.4 is 4.90 Å². The lowest BCUT2D eigenvalue weighted by molar-refractivity contribution is 0.136. The smallest absolute Gasteiger partial charge is 0.132 e. The lowest BCUT2D eigenvalue weighted by atomic mass is 9.79. The molecule has 4 heteroatoms. The molecule has 0 atom stereocenters. The summed E-state index contributed by atoms with van der Waals surface area (Å²) >= 11 is 0. The molecule has 5 rings (SSSR count). The number of pyridine rings is 1. The molecule has 0 unspecified atom stereocenters. The maximum atomic E-state index is 14.2. The first kappa shape index (κ1) is 19.7. The summed E-state index contributed by atoms with van der Waals surface area (Å²) in [7, 11) is 0. The van der Waals surface area contributed by atoms with Gasteiger partial charge in [0.2, 0.25) is 0 Å². The predicted octanol–water partition coefficient (Wildman–Crippen LogP) is 5.72. The lowest BCUT2D eigenvalue weighted by Gasteiger charge is -2.43. The van der Waals surface area contributed by atoms with Crippen LogP contribution in [0.2, 0.25) is 0 Å².